The lowest BCUT2D eigenvalue weighted by atomic mass is 10.1. The molecule has 33 nitrogen and oxygen atoms in total. The van der Waals surface area contributed by atoms with E-state index >= 15 is 0 Å². The van der Waals surface area contributed by atoms with Gasteiger partial charge in [0.05, 0.1) is 65.5 Å². The SMILES string of the molecule is Cc1cccc(C(=O)Nc2ccc(-c3nn([C@@H]4CCOC4)c4ncnc(N)c34)cc2)c1.Cc1cccc(C(=O)Nc2ccc(-c3nn([C@H]4CCNC4)c4ncnc(N)c34)cc2)c1.Cc1cccc(C(=O)Nc2ccc(-c3nn([C@H]4CCOC4)c4ncnc(N)c34)cc2)c1.Cc1cccc(NC(=O)Nc2ccc(-c3nn(C4CCOC4)c4ncnc(N)c34)cc2)c1. The van der Waals surface area contributed by atoms with E-state index in [0.717, 1.165) is 133 Å². The molecule has 125 heavy (non-hydrogen) atoms. The van der Waals surface area contributed by atoms with Crippen LogP contribution in [0.25, 0.3) is 89.2 Å². The third-order valence-corrected chi connectivity index (χ3v) is 22.0. The maximum absolute atomic E-state index is 12.5. The number of nitrogens with one attached hydrogen (secondary N) is 6. The zero-order valence-corrected chi connectivity index (χ0v) is 68.9. The van der Waals surface area contributed by atoms with Crippen LogP contribution in [0.1, 0.15) is 103 Å². The Morgan fingerprint density at radius 2 is 0.624 bits per heavy atom. The van der Waals surface area contributed by atoms with Crippen molar-refractivity contribution < 1.29 is 33.4 Å². The van der Waals surface area contributed by atoms with E-state index in [0.29, 0.717) is 125 Å². The zero-order valence-electron chi connectivity index (χ0n) is 68.9. The molecule has 12 heterocycles. The fourth-order valence-corrected chi connectivity index (χ4v) is 15.6. The van der Waals surface area contributed by atoms with Crippen LogP contribution in [0.3, 0.4) is 0 Å². The average molecular weight is 1670 g/mol. The lowest BCUT2D eigenvalue weighted by Crippen LogP contribution is -2.19. The minimum absolute atomic E-state index is 0.117. The van der Waals surface area contributed by atoms with Crippen LogP contribution in [0.5, 0.6) is 0 Å². The van der Waals surface area contributed by atoms with Crippen LogP contribution in [0.2, 0.25) is 0 Å². The molecule has 630 valence electrons. The Labute approximate surface area is 716 Å². The Balaban J connectivity index is 0.000000118. The molecule has 4 aliphatic rings. The molecule has 4 atom stereocenters. The summed E-state index contributed by atoms with van der Waals surface area (Å²) < 4.78 is 24.2. The van der Waals surface area contributed by atoms with Crippen LogP contribution in [-0.2, 0) is 14.2 Å². The highest BCUT2D eigenvalue weighted by Gasteiger charge is 2.31. The summed E-state index contributed by atoms with van der Waals surface area (Å²) >= 11 is 0. The number of benzene rings is 8. The van der Waals surface area contributed by atoms with Crippen LogP contribution in [0.15, 0.2) is 219 Å². The molecule has 0 aliphatic carbocycles. The number of fused-ring (bicyclic) bond motifs is 4. The molecule has 0 bridgehead atoms. The molecule has 20 rings (SSSR count). The molecule has 8 aromatic heterocycles. The van der Waals surface area contributed by atoms with E-state index in [1.54, 1.807) is 18.2 Å². The van der Waals surface area contributed by atoms with Crippen molar-refractivity contribution in [2.45, 2.75) is 77.5 Å². The van der Waals surface area contributed by atoms with E-state index in [1.165, 1.54) is 25.3 Å². The van der Waals surface area contributed by atoms with E-state index in [1.807, 2.05) is 222 Å². The first-order chi connectivity index (χ1) is 60.9. The molecule has 14 N–H and O–H groups in total. The standard InChI is InChI=1S/C23H23N7O2.C23H23N7O.2C23H22N6O2/c1-14-3-2-4-17(11-14)28-23(31)27-16-7-5-15(6-8-16)20-19-21(24)25-13-26-22(19)30(29-20)18-9-10-32-12-18;1-14-3-2-4-16(11-14)23(31)28-17-7-5-15(6-8-17)20-19-21(24)26-13-27-22(19)30(29-20)18-9-10-25-12-18;2*1-14-3-2-4-16(11-14)23(30)27-17-7-5-15(6-8-17)20-19-21(24)25-13-26-22(19)29(28-20)18-9-10-31-12-18/h2-8,11,13,18H,9-10,12H2,1H3,(H2,24,25,26)(H2,27,28,31);2-8,11,13,18,25H,9-10,12H2,1H3,(H,28,31)(H2,24,26,27);2*2-8,11,13,18H,9-10,12H2,1H3,(H,27,30)(H2,24,25,26)/t;3*18-/m.010/s1. The molecular weight excluding hydrogens is 1580 g/mol. The van der Waals surface area contributed by atoms with E-state index < -0.39 is 0 Å². The average Bonchev–Trinajstić information content (AvgIpc) is 1.63. The predicted octanol–water partition coefficient (Wildman–Crippen LogP) is 14.4. The van der Waals surface area contributed by atoms with Gasteiger partial charge in [-0.1, -0.05) is 114 Å². The number of carbonyl (C=O) groups is 4. The summed E-state index contributed by atoms with van der Waals surface area (Å²) in [6.45, 7) is 13.6. The van der Waals surface area contributed by atoms with E-state index in [9.17, 15) is 19.2 Å². The molecule has 0 spiro atoms. The second-order valence-corrected chi connectivity index (χ2v) is 30.9. The predicted molar refractivity (Wildman–Crippen MR) is 482 cm³/mol. The Bertz CT molecular complexity index is 6180. The van der Waals surface area contributed by atoms with Crippen molar-refractivity contribution >= 4 is 120 Å². The summed E-state index contributed by atoms with van der Waals surface area (Å²) in [5.41, 5.74) is 43.6. The smallest absolute Gasteiger partial charge is 0.323 e. The number of ether oxygens (including phenoxy) is 3. The highest BCUT2D eigenvalue weighted by Crippen LogP contribution is 2.39. The Morgan fingerprint density at radius 3 is 0.904 bits per heavy atom. The van der Waals surface area contributed by atoms with Gasteiger partial charge in [-0.15, -0.1) is 0 Å². The number of carbonyl (C=O) groups excluding carboxylic acids is 4. The molecule has 33 heteroatoms. The fourth-order valence-electron chi connectivity index (χ4n) is 15.6. The molecule has 4 fully saturated rings. The van der Waals surface area contributed by atoms with Gasteiger partial charge in [0, 0.05) is 93.7 Å². The zero-order chi connectivity index (χ0) is 86.2. The summed E-state index contributed by atoms with van der Waals surface area (Å²) in [5.74, 6) is 1.14. The third kappa shape index (κ3) is 18.2. The van der Waals surface area contributed by atoms with Gasteiger partial charge in [-0.2, -0.15) is 20.4 Å². The Kier molecular flexibility index (Phi) is 24.0. The third-order valence-electron chi connectivity index (χ3n) is 22.0. The maximum atomic E-state index is 12.5. The number of urea groups is 1. The lowest BCUT2D eigenvalue weighted by Gasteiger charge is -2.09. The van der Waals surface area contributed by atoms with Gasteiger partial charge in [-0.25, -0.2) is 63.4 Å². The quantitative estimate of drug-likeness (QED) is 0.0429. The van der Waals surface area contributed by atoms with Crippen LogP contribution >= 0.6 is 0 Å². The van der Waals surface area contributed by atoms with Crippen molar-refractivity contribution in [2.24, 2.45) is 0 Å². The monoisotopic (exact) mass is 1670 g/mol. The second kappa shape index (κ2) is 36.6. The summed E-state index contributed by atoms with van der Waals surface area (Å²) in [7, 11) is 0. The van der Waals surface area contributed by atoms with Gasteiger partial charge >= 0.3 is 6.03 Å². The van der Waals surface area contributed by atoms with Crippen LogP contribution < -0.4 is 54.8 Å². The summed E-state index contributed by atoms with van der Waals surface area (Å²) in [6.07, 6.45) is 9.47. The number of nitrogens with two attached hydrogens (primary N) is 4. The van der Waals surface area contributed by atoms with Crippen molar-refractivity contribution in [2.75, 3.05) is 102 Å². The van der Waals surface area contributed by atoms with Gasteiger partial charge in [-0.3, -0.25) is 14.4 Å². The molecule has 4 saturated heterocycles. The maximum Gasteiger partial charge on any atom is 0.323 e. The molecule has 1 unspecified atom stereocenters. The van der Waals surface area contributed by atoms with Crippen LogP contribution in [0, 0.1) is 27.7 Å². The normalized spacial score (nSPS) is 15.9. The number of amides is 5. The lowest BCUT2D eigenvalue weighted by molar-refractivity contribution is 0.101. The van der Waals surface area contributed by atoms with Crippen molar-refractivity contribution in [1.82, 2.24) is 84.3 Å². The van der Waals surface area contributed by atoms with E-state index in [4.69, 9.17) is 57.5 Å². The van der Waals surface area contributed by atoms with Gasteiger partial charge < -0.3 is 69.0 Å². The second-order valence-electron chi connectivity index (χ2n) is 30.9. The summed E-state index contributed by atoms with van der Waals surface area (Å²) in [6, 6.07) is 60.5. The van der Waals surface area contributed by atoms with Crippen molar-refractivity contribution in [3.63, 3.8) is 0 Å². The first kappa shape index (κ1) is 82.0. The summed E-state index contributed by atoms with van der Waals surface area (Å²) in [4.78, 5) is 84.3. The number of hydrogen-bond acceptors (Lipinski definition) is 24. The minimum atomic E-state index is -0.308. The Morgan fingerprint density at radius 1 is 0.336 bits per heavy atom. The van der Waals surface area contributed by atoms with Gasteiger partial charge in [0.1, 0.15) is 71.4 Å². The van der Waals surface area contributed by atoms with Gasteiger partial charge in [0.25, 0.3) is 17.7 Å². The molecule has 0 radical (unpaired) electrons. The van der Waals surface area contributed by atoms with Crippen molar-refractivity contribution in [1.29, 1.82) is 0 Å². The molecule has 0 saturated carbocycles. The summed E-state index contributed by atoms with van der Waals surface area (Å²) in [5, 5.41) is 40.1. The number of anilines is 9. The number of aromatic nitrogens is 16. The topological polar surface area (TPSA) is 447 Å². The molecular formula is C92H90N26O7. The Hall–Kier alpha value is -15.3. The first-order valence-electron chi connectivity index (χ1n) is 41.0. The first-order valence-corrected chi connectivity index (χ1v) is 41.0. The highest BCUT2D eigenvalue weighted by molar-refractivity contribution is 6.08. The number of nitrogen functional groups attached to an aromatic ring is 4. The fraction of sp³-hybridized carbons (Fsp3) is 0.217. The van der Waals surface area contributed by atoms with Gasteiger partial charge in [0.2, 0.25) is 0 Å². The molecule has 8 aromatic carbocycles. The molecule has 4 aliphatic heterocycles. The highest BCUT2D eigenvalue weighted by atomic mass is 16.5. The van der Waals surface area contributed by atoms with Crippen LogP contribution in [0.4, 0.5) is 56.5 Å². The van der Waals surface area contributed by atoms with Crippen molar-refractivity contribution in [3.8, 4) is 45.0 Å². The molecule has 16 aromatic rings. The number of rotatable bonds is 16. The van der Waals surface area contributed by atoms with Gasteiger partial charge in [-0.05, 0) is 163 Å². The molecule has 5 amide bonds. The number of hydrogen-bond donors (Lipinski definition) is 10. The largest absolute Gasteiger partial charge is 0.383 e. The minimum Gasteiger partial charge on any atom is -0.383 e. The van der Waals surface area contributed by atoms with Crippen LogP contribution in [-0.4, -0.2) is 155 Å². The van der Waals surface area contributed by atoms with Crippen molar-refractivity contribution in [3.05, 3.63) is 258 Å². The van der Waals surface area contributed by atoms with Gasteiger partial charge in [0.15, 0.2) is 22.6 Å². The van der Waals surface area contributed by atoms with E-state index in [2.05, 4.69) is 71.8 Å². The van der Waals surface area contributed by atoms with E-state index in [-0.39, 0.29) is 47.9 Å². The number of nitrogens with zero attached hydrogens (tertiary/aromatic N) is 16. The number of aryl methyl sites for hydroxylation is 4.